The number of aliphatic hydroxyl groups excluding tert-OH is 1. The molecule has 0 saturated carbocycles. The number of hydrogen-bond donors (Lipinski definition) is 5. The van der Waals surface area contributed by atoms with Crippen molar-refractivity contribution in [2.45, 2.75) is 116 Å². The first-order chi connectivity index (χ1) is 17.2. The zero-order valence-electron chi connectivity index (χ0n) is 22.8. The molecule has 0 unspecified atom stereocenters. The van der Waals surface area contributed by atoms with Crippen LogP contribution in [0.1, 0.15) is 116 Å². The Hall–Kier alpha value is -0.490. The van der Waals surface area contributed by atoms with Crippen LogP contribution in [0, 0.1) is 0 Å². The molecule has 0 heterocycles. The van der Waals surface area contributed by atoms with Gasteiger partial charge in [-0.3, -0.25) is 4.57 Å². The first-order valence-electron chi connectivity index (χ1n) is 14.6. The van der Waals surface area contributed by atoms with Gasteiger partial charge < -0.3 is 10.4 Å². The van der Waals surface area contributed by atoms with Gasteiger partial charge in [0.1, 0.15) is 0 Å². The van der Waals surface area contributed by atoms with Crippen molar-refractivity contribution in [3.8, 4) is 0 Å². The molecule has 0 fully saturated rings. The molecule has 0 aliphatic heterocycles. The summed E-state index contributed by atoms with van der Waals surface area (Å²) in [6.07, 6.45) is 25.6. The fourth-order valence-electron chi connectivity index (χ4n) is 4.05. The summed E-state index contributed by atoms with van der Waals surface area (Å²) in [6.45, 7) is 11.6. The maximum atomic E-state index is 13.4. The van der Waals surface area contributed by atoms with Gasteiger partial charge in [-0.25, -0.2) is 15.3 Å². The molecule has 0 aliphatic rings. The van der Waals surface area contributed by atoms with Crippen LogP contribution in [-0.2, 0) is 4.57 Å². The zero-order chi connectivity index (χ0) is 25.7. The van der Waals surface area contributed by atoms with Gasteiger partial charge in [0, 0.05) is 26.2 Å². The van der Waals surface area contributed by atoms with E-state index in [-0.39, 0.29) is 6.61 Å². The normalized spacial score (nSPS) is 11.7. The van der Waals surface area contributed by atoms with Gasteiger partial charge >= 0.3 is 0 Å². The number of unbranched alkanes of at least 4 members (excludes halogenated alkanes) is 15. The molecule has 0 aliphatic carbocycles. The molecular formula is C28H59N4O2P. The molecule has 0 bridgehead atoms. The van der Waals surface area contributed by atoms with Crippen LogP contribution in [0.3, 0.4) is 0 Å². The predicted molar refractivity (Wildman–Crippen MR) is 155 cm³/mol. The van der Waals surface area contributed by atoms with Gasteiger partial charge in [0.25, 0.3) is 7.59 Å². The molecule has 35 heavy (non-hydrogen) atoms. The summed E-state index contributed by atoms with van der Waals surface area (Å²) in [5.74, 6) is 0. The third kappa shape index (κ3) is 26.4. The monoisotopic (exact) mass is 514 g/mol. The van der Waals surface area contributed by atoms with Crippen molar-refractivity contribution < 1.29 is 9.67 Å². The topological polar surface area (TPSA) is 85.4 Å². The molecule has 0 radical (unpaired) electrons. The van der Waals surface area contributed by atoms with Crippen LogP contribution in [-0.4, -0.2) is 44.4 Å². The van der Waals surface area contributed by atoms with Gasteiger partial charge in [-0.05, 0) is 57.9 Å². The van der Waals surface area contributed by atoms with Crippen LogP contribution in [0.15, 0.2) is 25.3 Å². The summed E-state index contributed by atoms with van der Waals surface area (Å²) in [7, 11) is -2.76. The Morgan fingerprint density at radius 1 is 0.514 bits per heavy atom. The van der Waals surface area contributed by atoms with Crippen molar-refractivity contribution in [1.82, 2.24) is 20.6 Å². The van der Waals surface area contributed by atoms with E-state index in [9.17, 15) is 4.57 Å². The first-order valence-corrected chi connectivity index (χ1v) is 16.3. The van der Waals surface area contributed by atoms with Crippen molar-refractivity contribution in [3.05, 3.63) is 25.3 Å². The molecule has 0 aromatic rings. The molecule has 5 N–H and O–H groups in total. The first kappa shape index (κ1) is 34.5. The fourth-order valence-corrected chi connectivity index (χ4v) is 5.81. The minimum Gasteiger partial charge on any atom is -0.395 e. The minimum atomic E-state index is -2.76. The number of allylic oxidation sites excluding steroid dienone is 2. The smallest absolute Gasteiger partial charge is 0.279 e. The molecule has 208 valence electrons. The van der Waals surface area contributed by atoms with Crippen LogP contribution < -0.4 is 20.6 Å². The van der Waals surface area contributed by atoms with E-state index in [1.807, 2.05) is 12.2 Å². The predicted octanol–water partition coefficient (Wildman–Crippen LogP) is 6.84. The molecule has 0 spiro atoms. The standard InChI is InChI=1S/C28H59N4O2P/c1-3-5-7-9-11-13-15-17-19-24-30-35(34,32-26-22-21-23-29-27-28-33)31-25-20-18-16-14-12-10-8-6-4-2/h3-4,29,33H,1-2,5-28H2,(H3,30,31,32,34). The van der Waals surface area contributed by atoms with Crippen molar-refractivity contribution in [2.24, 2.45) is 0 Å². The van der Waals surface area contributed by atoms with Crippen molar-refractivity contribution >= 4 is 7.59 Å². The zero-order valence-corrected chi connectivity index (χ0v) is 23.7. The van der Waals surface area contributed by atoms with E-state index in [0.717, 1.165) is 64.7 Å². The second kappa shape index (κ2) is 28.1. The number of nitrogens with one attached hydrogen (secondary N) is 4. The van der Waals surface area contributed by atoms with Gasteiger partial charge in [0.2, 0.25) is 0 Å². The van der Waals surface area contributed by atoms with E-state index in [1.165, 1.54) is 77.0 Å². The van der Waals surface area contributed by atoms with E-state index >= 15 is 0 Å². The van der Waals surface area contributed by atoms with E-state index in [0.29, 0.717) is 6.54 Å². The van der Waals surface area contributed by atoms with Crippen molar-refractivity contribution in [1.29, 1.82) is 0 Å². The summed E-state index contributed by atoms with van der Waals surface area (Å²) < 4.78 is 13.4. The fraction of sp³-hybridized carbons (Fsp3) is 0.857. The summed E-state index contributed by atoms with van der Waals surface area (Å²) >= 11 is 0. The van der Waals surface area contributed by atoms with E-state index < -0.39 is 7.59 Å². The highest BCUT2D eigenvalue weighted by molar-refractivity contribution is 7.57. The Morgan fingerprint density at radius 3 is 1.26 bits per heavy atom. The van der Waals surface area contributed by atoms with Gasteiger partial charge in [-0.15, -0.1) is 13.2 Å². The van der Waals surface area contributed by atoms with Crippen LogP contribution in [0.25, 0.3) is 0 Å². The van der Waals surface area contributed by atoms with Gasteiger partial charge in [-0.1, -0.05) is 76.4 Å². The highest BCUT2D eigenvalue weighted by atomic mass is 31.2. The Kier molecular flexibility index (Phi) is 27.7. The molecule has 0 saturated heterocycles. The van der Waals surface area contributed by atoms with E-state index in [1.54, 1.807) is 0 Å². The second-order valence-electron chi connectivity index (χ2n) is 9.62. The Morgan fingerprint density at radius 2 is 0.857 bits per heavy atom. The van der Waals surface area contributed by atoms with Gasteiger partial charge in [-0.2, -0.15) is 0 Å². The van der Waals surface area contributed by atoms with Crippen molar-refractivity contribution in [2.75, 3.05) is 39.3 Å². The maximum absolute atomic E-state index is 13.4. The SMILES string of the molecule is C=CCCCCCCCCCNP(=O)(NCCCCCCCCCC=C)NCCCCNCCO. The van der Waals surface area contributed by atoms with Crippen LogP contribution >= 0.6 is 7.59 Å². The van der Waals surface area contributed by atoms with E-state index in [2.05, 4.69) is 33.7 Å². The molecular weight excluding hydrogens is 455 g/mol. The van der Waals surface area contributed by atoms with Crippen LogP contribution in [0.5, 0.6) is 0 Å². The average molecular weight is 515 g/mol. The van der Waals surface area contributed by atoms with Gasteiger partial charge in [0.05, 0.1) is 6.61 Å². The summed E-state index contributed by atoms with van der Waals surface area (Å²) in [6, 6.07) is 0. The summed E-state index contributed by atoms with van der Waals surface area (Å²) in [5.41, 5.74) is 0. The lowest BCUT2D eigenvalue weighted by atomic mass is 10.1. The molecule has 7 heteroatoms. The van der Waals surface area contributed by atoms with E-state index in [4.69, 9.17) is 5.11 Å². The molecule has 0 aromatic heterocycles. The lowest BCUT2D eigenvalue weighted by molar-refractivity contribution is 0.292. The number of rotatable bonds is 30. The summed E-state index contributed by atoms with van der Waals surface area (Å²) in [5, 5.41) is 22.0. The second-order valence-corrected chi connectivity index (χ2v) is 11.8. The third-order valence-corrected chi connectivity index (χ3v) is 8.25. The Labute approximate surface area is 218 Å². The molecule has 0 amide bonds. The lowest BCUT2D eigenvalue weighted by Gasteiger charge is -2.22. The number of hydrogen-bond acceptors (Lipinski definition) is 3. The average Bonchev–Trinajstić information content (AvgIpc) is 2.86. The van der Waals surface area contributed by atoms with Crippen LogP contribution in [0.2, 0.25) is 0 Å². The molecule has 0 atom stereocenters. The molecule has 0 rings (SSSR count). The largest absolute Gasteiger partial charge is 0.395 e. The minimum absolute atomic E-state index is 0.173. The third-order valence-electron chi connectivity index (χ3n) is 6.24. The van der Waals surface area contributed by atoms with Gasteiger partial charge in [0.15, 0.2) is 0 Å². The Balaban J connectivity index is 4.05. The maximum Gasteiger partial charge on any atom is 0.279 e. The highest BCUT2D eigenvalue weighted by Crippen LogP contribution is 2.30. The van der Waals surface area contributed by atoms with Crippen molar-refractivity contribution in [3.63, 3.8) is 0 Å². The number of aliphatic hydroxyl groups is 1. The summed E-state index contributed by atoms with van der Waals surface area (Å²) in [4.78, 5) is 0. The quantitative estimate of drug-likeness (QED) is 0.0410. The molecule has 6 nitrogen and oxygen atoms in total. The Bertz CT molecular complexity index is 473. The highest BCUT2D eigenvalue weighted by Gasteiger charge is 2.19. The van der Waals surface area contributed by atoms with Crippen LogP contribution in [0.4, 0.5) is 0 Å². The lowest BCUT2D eigenvalue weighted by Crippen LogP contribution is -2.34. The molecule has 0 aromatic carbocycles.